The summed E-state index contributed by atoms with van der Waals surface area (Å²) in [7, 11) is 1.51. The van der Waals surface area contributed by atoms with E-state index in [0.29, 0.717) is 0 Å². The van der Waals surface area contributed by atoms with Gasteiger partial charge in [-0.25, -0.2) is 4.42 Å². The summed E-state index contributed by atoms with van der Waals surface area (Å²) in [5, 5.41) is 8.49. The van der Waals surface area contributed by atoms with E-state index < -0.39 is 11.5 Å². The molecule has 0 saturated carbocycles. The molecule has 0 heterocycles. The third-order valence-electron chi connectivity index (χ3n) is 1.29. The number of carbonyl (C=O) groups is 1. The molecule has 0 aliphatic carbocycles. The molecule has 0 saturated heterocycles. The number of likely N-dealkylation sites (N-methyl/N-ethyl adjacent to an activating group) is 1. The third-order valence-corrected chi connectivity index (χ3v) is 1.72. The van der Waals surface area contributed by atoms with Crippen LogP contribution in [0.4, 0.5) is 0 Å². The predicted octanol–water partition coefficient (Wildman–Crippen LogP) is 0.935. The van der Waals surface area contributed by atoms with Gasteiger partial charge in [0, 0.05) is 7.05 Å². The van der Waals surface area contributed by atoms with Crippen LogP contribution in [0.2, 0.25) is 0 Å². The first-order valence-corrected chi connectivity index (χ1v) is 2.86. The summed E-state index contributed by atoms with van der Waals surface area (Å²) >= 11 is 5.42. The molecule has 0 aromatic rings. The van der Waals surface area contributed by atoms with Gasteiger partial charge in [-0.05, 0) is 25.6 Å². The molecule has 0 unspecified atom stereocenters. The number of carboxylic acids is 1. The van der Waals surface area contributed by atoms with Crippen LogP contribution in [0.5, 0.6) is 0 Å². The maximum absolute atomic E-state index is 10.3. The Morgan fingerprint density at radius 2 is 2.00 bits per heavy atom. The topological polar surface area (TPSA) is 40.5 Å². The van der Waals surface area contributed by atoms with Gasteiger partial charge >= 0.3 is 5.97 Å². The monoisotopic (exact) mass is 151 g/mol. The third kappa shape index (κ3) is 1.84. The van der Waals surface area contributed by atoms with Gasteiger partial charge in [0.25, 0.3) is 0 Å². The number of rotatable bonds is 2. The molecule has 0 amide bonds. The van der Waals surface area contributed by atoms with Crippen molar-refractivity contribution in [1.82, 2.24) is 4.42 Å². The number of hydrogen-bond acceptors (Lipinski definition) is 2. The Kier molecular flexibility index (Phi) is 2.46. The molecule has 0 bridgehead atoms. The molecule has 0 fully saturated rings. The Hall–Kier alpha value is -0.280. The van der Waals surface area contributed by atoms with Crippen LogP contribution < -0.4 is 0 Å². The van der Waals surface area contributed by atoms with E-state index >= 15 is 0 Å². The lowest BCUT2D eigenvalue weighted by atomic mass is 10.1. The lowest BCUT2D eigenvalue weighted by Crippen LogP contribution is -2.42. The zero-order chi connectivity index (χ0) is 7.65. The molecule has 0 aliphatic rings. The summed E-state index contributed by atoms with van der Waals surface area (Å²) in [5.41, 5.74) is -0.985. The largest absolute Gasteiger partial charge is 0.480 e. The summed E-state index contributed by atoms with van der Waals surface area (Å²) < 4.78 is 1.13. The summed E-state index contributed by atoms with van der Waals surface area (Å²) in [6.07, 6.45) is 0. The first-order valence-electron chi connectivity index (χ1n) is 2.52. The second-order valence-electron chi connectivity index (χ2n) is 2.34. The molecule has 9 heavy (non-hydrogen) atoms. The van der Waals surface area contributed by atoms with E-state index in [1.807, 2.05) is 0 Å². The highest BCUT2D eigenvalue weighted by molar-refractivity contribution is 6.15. The van der Waals surface area contributed by atoms with E-state index in [4.69, 9.17) is 16.9 Å². The fraction of sp³-hybridized carbons (Fsp3) is 0.800. The molecule has 0 atom stereocenters. The molecule has 3 nitrogen and oxygen atoms in total. The van der Waals surface area contributed by atoms with Crippen LogP contribution in [-0.2, 0) is 4.79 Å². The van der Waals surface area contributed by atoms with Gasteiger partial charge < -0.3 is 5.11 Å². The van der Waals surface area contributed by atoms with Crippen LogP contribution in [0, 0.1) is 0 Å². The Morgan fingerprint density at radius 1 is 1.67 bits per heavy atom. The molecule has 1 N–H and O–H groups in total. The van der Waals surface area contributed by atoms with Gasteiger partial charge in [0.1, 0.15) is 5.54 Å². The zero-order valence-electron chi connectivity index (χ0n) is 5.68. The molecule has 0 rings (SSSR count). The number of nitrogens with zero attached hydrogens (tertiary/aromatic N) is 1. The molecule has 54 valence electrons. The Morgan fingerprint density at radius 3 is 2.00 bits per heavy atom. The highest BCUT2D eigenvalue weighted by Gasteiger charge is 2.30. The second kappa shape index (κ2) is 2.54. The van der Waals surface area contributed by atoms with Gasteiger partial charge in [0.05, 0.1) is 0 Å². The second-order valence-corrected chi connectivity index (χ2v) is 2.85. The van der Waals surface area contributed by atoms with Crippen molar-refractivity contribution >= 4 is 17.7 Å². The van der Waals surface area contributed by atoms with Crippen molar-refractivity contribution in [3.8, 4) is 0 Å². The molecule has 0 aromatic carbocycles. The molecule has 0 aliphatic heterocycles. The number of carboxylic acid groups (broad SMARTS) is 1. The van der Waals surface area contributed by atoms with E-state index in [9.17, 15) is 4.79 Å². The van der Waals surface area contributed by atoms with Gasteiger partial charge in [-0.3, -0.25) is 4.79 Å². The van der Waals surface area contributed by atoms with Crippen molar-refractivity contribution in [3.63, 3.8) is 0 Å². The van der Waals surface area contributed by atoms with E-state index in [-0.39, 0.29) is 0 Å². The quantitative estimate of drug-likeness (QED) is 0.597. The average Bonchev–Trinajstić information content (AvgIpc) is 1.65. The van der Waals surface area contributed by atoms with E-state index in [1.165, 1.54) is 20.9 Å². The first-order chi connectivity index (χ1) is 3.89. The van der Waals surface area contributed by atoms with Gasteiger partial charge in [0.15, 0.2) is 0 Å². The normalized spacial score (nSPS) is 12.1. The standard InChI is InChI=1S/C5H10ClNO2/c1-5(2,4(8)9)7(3)6/h1-3H3,(H,8,9). The van der Waals surface area contributed by atoms with E-state index in [1.54, 1.807) is 0 Å². The maximum Gasteiger partial charge on any atom is 0.324 e. The highest BCUT2D eigenvalue weighted by atomic mass is 35.5. The van der Waals surface area contributed by atoms with Gasteiger partial charge in [0.2, 0.25) is 0 Å². The fourth-order valence-electron chi connectivity index (χ4n) is 0.132. The number of hydrogen-bond donors (Lipinski definition) is 1. The smallest absolute Gasteiger partial charge is 0.324 e. The SMILES string of the molecule is CN(Cl)C(C)(C)C(=O)O. The summed E-state index contributed by atoms with van der Waals surface area (Å²) in [5.74, 6) is -0.931. The van der Waals surface area contributed by atoms with Crippen molar-refractivity contribution < 1.29 is 9.90 Å². The summed E-state index contributed by atoms with van der Waals surface area (Å²) in [4.78, 5) is 10.3. The van der Waals surface area contributed by atoms with Crippen LogP contribution >= 0.6 is 11.8 Å². The van der Waals surface area contributed by atoms with Crippen LogP contribution in [0.3, 0.4) is 0 Å². The van der Waals surface area contributed by atoms with Crippen LogP contribution in [0.25, 0.3) is 0 Å². The van der Waals surface area contributed by atoms with Crippen LogP contribution in [0.15, 0.2) is 0 Å². The molecule has 4 heteroatoms. The first kappa shape index (κ1) is 8.72. The molecular weight excluding hydrogens is 142 g/mol. The maximum atomic E-state index is 10.3. The molecule has 0 radical (unpaired) electrons. The summed E-state index contributed by atoms with van der Waals surface area (Å²) in [6, 6.07) is 0. The number of halogens is 1. The van der Waals surface area contributed by atoms with Crippen molar-refractivity contribution in [3.05, 3.63) is 0 Å². The lowest BCUT2D eigenvalue weighted by Gasteiger charge is -2.24. The van der Waals surface area contributed by atoms with Gasteiger partial charge in [-0.15, -0.1) is 0 Å². The summed E-state index contributed by atoms with van der Waals surface area (Å²) in [6.45, 7) is 3.06. The minimum absolute atomic E-state index is 0.931. The van der Waals surface area contributed by atoms with E-state index in [0.717, 1.165) is 4.42 Å². The molecular formula is C5H10ClNO2. The predicted molar refractivity (Wildman–Crippen MR) is 35.3 cm³/mol. The zero-order valence-corrected chi connectivity index (χ0v) is 6.44. The van der Waals surface area contributed by atoms with Crippen molar-refractivity contribution in [2.24, 2.45) is 0 Å². The Bertz CT molecular complexity index is 122. The average molecular weight is 152 g/mol. The Labute approximate surface area is 59.3 Å². The van der Waals surface area contributed by atoms with Crippen molar-refractivity contribution in [2.75, 3.05) is 7.05 Å². The minimum atomic E-state index is -0.985. The van der Waals surface area contributed by atoms with Crippen molar-refractivity contribution in [1.29, 1.82) is 0 Å². The highest BCUT2D eigenvalue weighted by Crippen LogP contribution is 2.13. The minimum Gasteiger partial charge on any atom is -0.480 e. The van der Waals surface area contributed by atoms with Crippen LogP contribution in [-0.4, -0.2) is 28.1 Å². The van der Waals surface area contributed by atoms with Crippen LogP contribution in [0.1, 0.15) is 13.8 Å². The molecule has 0 aromatic heterocycles. The van der Waals surface area contributed by atoms with Gasteiger partial charge in [-0.1, -0.05) is 0 Å². The number of aliphatic carboxylic acids is 1. The fourth-order valence-corrected chi connectivity index (χ4v) is 0.204. The Balaban J connectivity index is 4.19. The van der Waals surface area contributed by atoms with Gasteiger partial charge in [-0.2, -0.15) is 0 Å². The lowest BCUT2D eigenvalue weighted by molar-refractivity contribution is -0.145. The van der Waals surface area contributed by atoms with E-state index in [2.05, 4.69) is 0 Å². The van der Waals surface area contributed by atoms with Crippen molar-refractivity contribution in [2.45, 2.75) is 19.4 Å². The molecule has 0 spiro atoms.